The Morgan fingerprint density at radius 2 is 1.27 bits per heavy atom. The summed E-state index contributed by atoms with van der Waals surface area (Å²) >= 11 is 0. The van der Waals surface area contributed by atoms with Gasteiger partial charge in [0.05, 0.1) is 5.69 Å². The lowest BCUT2D eigenvalue weighted by atomic mass is 9.90. The molecule has 49 heavy (non-hydrogen) atoms. The molecule has 0 saturated heterocycles. The minimum Gasteiger partial charge on any atom is -0.306 e. The molecule has 1 atom stereocenters. The smallest absolute Gasteiger partial charge is 0.0700 e. The van der Waals surface area contributed by atoms with E-state index in [1.165, 1.54) is 66.4 Å². The van der Waals surface area contributed by atoms with Crippen molar-refractivity contribution < 1.29 is 0 Å². The van der Waals surface area contributed by atoms with Crippen LogP contribution in [0.25, 0.3) is 50.2 Å². The van der Waals surface area contributed by atoms with E-state index in [0.717, 1.165) is 17.8 Å². The molecule has 0 bridgehead atoms. The molecule has 242 valence electrons. The van der Waals surface area contributed by atoms with Gasteiger partial charge >= 0.3 is 0 Å². The second-order valence-electron chi connectivity index (χ2n) is 12.5. The number of benzene rings is 6. The highest BCUT2D eigenvalue weighted by molar-refractivity contribution is 6.01. The molecule has 1 N–H and O–H groups in total. The molecule has 0 saturated carbocycles. The van der Waals surface area contributed by atoms with Gasteiger partial charge in [-0.15, -0.1) is 0 Å². The number of nitrogens with zero attached hydrogens (tertiary/aromatic N) is 1. The molecule has 6 rings (SSSR count). The lowest BCUT2D eigenvalue weighted by molar-refractivity contribution is 0.575. The summed E-state index contributed by atoms with van der Waals surface area (Å²) in [6.07, 6.45) is 11.9. The quantitative estimate of drug-likeness (QED) is 0.111. The van der Waals surface area contributed by atoms with Gasteiger partial charge in [0.1, 0.15) is 0 Å². The summed E-state index contributed by atoms with van der Waals surface area (Å²) in [5.74, 6) is 0. The van der Waals surface area contributed by atoms with Crippen LogP contribution in [0.1, 0.15) is 47.7 Å². The third kappa shape index (κ3) is 7.62. The lowest BCUT2D eigenvalue weighted by Gasteiger charge is -2.16. The summed E-state index contributed by atoms with van der Waals surface area (Å²) in [7, 11) is 0. The number of aliphatic imine (C=N–C) groups is 1. The van der Waals surface area contributed by atoms with Crippen molar-refractivity contribution in [2.75, 3.05) is 0 Å². The van der Waals surface area contributed by atoms with E-state index in [1.54, 1.807) is 12.3 Å². The van der Waals surface area contributed by atoms with Crippen LogP contribution >= 0.6 is 0 Å². The Kier molecular flexibility index (Phi) is 10.6. The molecule has 1 unspecified atom stereocenters. The number of hydrogen-bond acceptors (Lipinski definition) is 2. The van der Waals surface area contributed by atoms with Crippen molar-refractivity contribution in [2.24, 2.45) is 4.99 Å². The van der Waals surface area contributed by atoms with E-state index in [2.05, 4.69) is 172 Å². The van der Waals surface area contributed by atoms with Crippen LogP contribution in [0.2, 0.25) is 0 Å². The Bertz CT molecular complexity index is 2180. The van der Waals surface area contributed by atoms with E-state index >= 15 is 0 Å². The predicted octanol–water partition coefficient (Wildman–Crippen LogP) is 12.8. The first-order chi connectivity index (χ1) is 24.0. The number of nitrogens with one attached hydrogen (secondary N) is 1. The van der Waals surface area contributed by atoms with Crippen LogP contribution < -0.4 is 5.32 Å². The van der Waals surface area contributed by atoms with E-state index in [1.807, 2.05) is 13.0 Å². The van der Waals surface area contributed by atoms with Crippen molar-refractivity contribution in [1.29, 1.82) is 0 Å². The molecular formula is C47H44N2. The van der Waals surface area contributed by atoms with Gasteiger partial charge < -0.3 is 5.32 Å². The third-order valence-electron chi connectivity index (χ3n) is 9.27. The van der Waals surface area contributed by atoms with E-state index in [0.29, 0.717) is 0 Å². The van der Waals surface area contributed by atoms with Gasteiger partial charge in [0.25, 0.3) is 0 Å². The standard InChI is InChI=1S/C47H44N2/c1-6-8-10-24-44-33(3)47(48-27-7-2)34(4)45-26-25-43(31-46(44)45)42-23-15-22-41(30-42)40-21-14-20-39(29-40)38-19-13-18-37(28-38)35(5)49-32-36-16-11-9-12-17-36/h6-31,35,49H,2,32H2,1,3-5H3/b8-6-,24-10-,48-27?. The molecule has 0 fully saturated rings. The maximum atomic E-state index is 4.75. The number of rotatable bonds is 11. The van der Waals surface area contributed by atoms with Gasteiger partial charge in [0.2, 0.25) is 0 Å². The Morgan fingerprint density at radius 1 is 0.653 bits per heavy atom. The zero-order chi connectivity index (χ0) is 34.2. The molecule has 0 aliphatic rings. The summed E-state index contributed by atoms with van der Waals surface area (Å²) in [5.41, 5.74) is 14.3. The van der Waals surface area contributed by atoms with Crippen LogP contribution in [0.4, 0.5) is 5.69 Å². The molecule has 0 aromatic heterocycles. The SMILES string of the molecule is C=CC=Nc1c(C)c(/C=C\C=C/C)c2cc(-c3cccc(-c4cccc(-c5cccc(C(C)NCc6ccccc6)c5)c4)c3)ccc2c1C. The molecule has 0 aliphatic carbocycles. The van der Waals surface area contributed by atoms with E-state index in [4.69, 9.17) is 4.99 Å². The minimum absolute atomic E-state index is 0.236. The fraction of sp³-hybridized carbons (Fsp3) is 0.128. The summed E-state index contributed by atoms with van der Waals surface area (Å²) in [4.78, 5) is 4.75. The van der Waals surface area contributed by atoms with Gasteiger partial charge in [0.15, 0.2) is 0 Å². The van der Waals surface area contributed by atoms with Crippen LogP contribution in [0.5, 0.6) is 0 Å². The highest BCUT2D eigenvalue weighted by atomic mass is 14.9. The molecule has 0 spiro atoms. The Labute approximate surface area is 291 Å². The number of allylic oxidation sites excluding steroid dienone is 4. The maximum Gasteiger partial charge on any atom is 0.0700 e. The molecule has 0 amide bonds. The summed E-state index contributed by atoms with van der Waals surface area (Å²) in [6.45, 7) is 13.3. The van der Waals surface area contributed by atoms with Gasteiger partial charge in [0, 0.05) is 18.8 Å². The van der Waals surface area contributed by atoms with E-state index in [9.17, 15) is 0 Å². The fourth-order valence-electron chi connectivity index (χ4n) is 6.54. The summed E-state index contributed by atoms with van der Waals surface area (Å²) in [5, 5.41) is 6.12. The monoisotopic (exact) mass is 636 g/mol. The lowest BCUT2D eigenvalue weighted by Crippen LogP contribution is -2.18. The highest BCUT2D eigenvalue weighted by Crippen LogP contribution is 2.39. The second kappa shape index (κ2) is 15.6. The number of fused-ring (bicyclic) bond motifs is 1. The Hall–Kier alpha value is -5.57. The first-order valence-electron chi connectivity index (χ1n) is 17.1. The van der Waals surface area contributed by atoms with Crippen molar-refractivity contribution in [1.82, 2.24) is 5.32 Å². The van der Waals surface area contributed by atoms with Gasteiger partial charge in [-0.1, -0.05) is 134 Å². The average Bonchev–Trinajstić information content (AvgIpc) is 3.15. The molecule has 6 aromatic rings. The van der Waals surface area contributed by atoms with Crippen LogP contribution in [-0.4, -0.2) is 6.21 Å². The van der Waals surface area contributed by atoms with E-state index < -0.39 is 0 Å². The Morgan fingerprint density at radius 3 is 1.90 bits per heavy atom. The molecule has 2 heteroatoms. The van der Waals surface area contributed by atoms with Gasteiger partial charge in [-0.2, -0.15) is 0 Å². The van der Waals surface area contributed by atoms with Crippen molar-refractivity contribution in [2.45, 2.75) is 40.3 Å². The largest absolute Gasteiger partial charge is 0.306 e. The van der Waals surface area contributed by atoms with Crippen LogP contribution in [0, 0.1) is 13.8 Å². The summed E-state index contributed by atoms with van der Waals surface area (Å²) < 4.78 is 0. The van der Waals surface area contributed by atoms with Gasteiger partial charge in [-0.3, -0.25) is 4.99 Å². The molecule has 0 aliphatic heterocycles. The first kappa shape index (κ1) is 33.3. The first-order valence-corrected chi connectivity index (χ1v) is 17.1. The second-order valence-corrected chi connectivity index (χ2v) is 12.5. The third-order valence-corrected chi connectivity index (χ3v) is 9.27. The average molecular weight is 637 g/mol. The van der Waals surface area contributed by atoms with Crippen LogP contribution in [0.3, 0.4) is 0 Å². The number of aryl methyl sites for hydroxylation is 1. The Balaban J connectivity index is 1.32. The molecule has 0 radical (unpaired) electrons. The highest BCUT2D eigenvalue weighted by Gasteiger charge is 2.14. The van der Waals surface area contributed by atoms with Crippen molar-refractivity contribution in [3.05, 3.63) is 180 Å². The topological polar surface area (TPSA) is 24.4 Å². The van der Waals surface area contributed by atoms with Crippen molar-refractivity contribution in [3.63, 3.8) is 0 Å². The summed E-state index contributed by atoms with van der Waals surface area (Å²) in [6, 6.07) is 44.3. The maximum absolute atomic E-state index is 4.75. The van der Waals surface area contributed by atoms with E-state index in [-0.39, 0.29) is 6.04 Å². The van der Waals surface area contributed by atoms with Crippen LogP contribution in [-0.2, 0) is 6.54 Å². The molecule has 6 aromatic carbocycles. The van der Waals surface area contributed by atoms with Gasteiger partial charge in [-0.05, 0) is 124 Å². The predicted molar refractivity (Wildman–Crippen MR) is 214 cm³/mol. The fourth-order valence-corrected chi connectivity index (χ4v) is 6.54. The normalized spacial score (nSPS) is 12.4. The van der Waals surface area contributed by atoms with Crippen LogP contribution in [0.15, 0.2) is 157 Å². The number of hydrogen-bond donors (Lipinski definition) is 1. The zero-order valence-corrected chi connectivity index (χ0v) is 28.9. The molecule has 0 heterocycles. The van der Waals surface area contributed by atoms with Crippen molar-refractivity contribution in [3.8, 4) is 33.4 Å². The van der Waals surface area contributed by atoms with Gasteiger partial charge in [-0.25, -0.2) is 0 Å². The van der Waals surface area contributed by atoms with Crippen molar-refractivity contribution >= 4 is 28.8 Å². The molecular weight excluding hydrogens is 593 g/mol. The molecule has 2 nitrogen and oxygen atoms in total. The minimum atomic E-state index is 0.236. The zero-order valence-electron chi connectivity index (χ0n) is 28.9.